The minimum atomic E-state index is -4.26. The van der Waals surface area contributed by atoms with Crippen molar-refractivity contribution in [2.75, 3.05) is 0 Å². The molecule has 0 aliphatic rings. The van der Waals surface area contributed by atoms with Gasteiger partial charge in [-0.2, -0.15) is 13.2 Å². The summed E-state index contributed by atoms with van der Waals surface area (Å²) in [5.74, 6) is 0. The Labute approximate surface area is 77.3 Å². The molecule has 0 aromatic rings. The van der Waals surface area contributed by atoms with Crippen LogP contribution in [0.2, 0.25) is 0 Å². The Balaban J connectivity index is 4.15. The van der Waals surface area contributed by atoms with Gasteiger partial charge >= 0.3 is 6.18 Å². The van der Waals surface area contributed by atoms with Gasteiger partial charge < -0.3 is 4.74 Å². The van der Waals surface area contributed by atoms with Crippen molar-refractivity contribution in [2.45, 2.75) is 53.0 Å². The van der Waals surface area contributed by atoms with Crippen LogP contribution in [0.25, 0.3) is 0 Å². The van der Waals surface area contributed by atoms with Gasteiger partial charge in [0.2, 0.25) is 0 Å². The molecule has 0 aliphatic heterocycles. The van der Waals surface area contributed by atoms with Crippen LogP contribution in [0, 0.1) is 5.41 Å². The highest BCUT2D eigenvalue weighted by Crippen LogP contribution is 2.28. The second-order valence-corrected chi connectivity index (χ2v) is 4.33. The molecule has 0 radical (unpaired) electrons. The zero-order valence-corrected chi connectivity index (χ0v) is 8.70. The van der Waals surface area contributed by atoms with Crippen molar-refractivity contribution >= 4 is 0 Å². The third kappa shape index (κ3) is 4.50. The fourth-order valence-electron chi connectivity index (χ4n) is 0.587. The first-order chi connectivity index (χ1) is 5.55. The van der Waals surface area contributed by atoms with E-state index < -0.39 is 18.4 Å². The Hall–Kier alpha value is -0.250. The summed E-state index contributed by atoms with van der Waals surface area (Å²) in [6, 6.07) is 0. The van der Waals surface area contributed by atoms with Gasteiger partial charge in [0.15, 0.2) is 6.10 Å². The number of ether oxygens (including phenoxy) is 1. The zero-order chi connectivity index (χ0) is 10.9. The molecule has 1 nitrogen and oxygen atoms in total. The molecule has 0 N–H and O–H groups in total. The summed E-state index contributed by atoms with van der Waals surface area (Å²) >= 11 is 0. The van der Waals surface area contributed by atoms with E-state index in [1.807, 2.05) is 20.8 Å². The monoisotopic (exact) mass is 198 g/mol. The van der Waals surface area contributed by atoms with Gasteiger partial charge in [-0.3, -0.25) is 0 Å². The molecule has 2 atom stereocenters. The molecule has 0 heterocycles. The third-order valence-corrected chi connectivity index (χ3v) is 2.09. The van der Waals surface area contributed by atoms with Crippen LogP contribution in [-0.2, 0) is 4.74 Å². The van der Waals surface area contributed by atoms with E-state index in [9.17, 15) is 13.2 Å². The van der Waals surface area contributed by atoms with Gasteiger partial charge in [-0.05, 0) is 19.3 Å². The largest absolute Gasteiger partial charge is 0.414 e. The van der Waals surface area contributed by atoms with E-state index in [0.717, 1.165) is 6.92 Å². The Morgan fingerprint density at radius 2 is 1.31 bits per heavy atom. The maximum atomic E-state index is 12.1. The number of rotatable bonds is 2. The van der Waals surface area contributed by atoms with Crippen LogP contribution in [0.5, 0.6) is 0 Å². The second kappa shape index (κ2) is 3.86. The van der Waals surface area contributed by atoms with Gasteiger partial charge in [0.25, 0.3) is 0 Å². The normalized spacial score (nSPS) is 18.5. The van der Waals surface area contributed by atoms with E-state index in [-0.39, 0.29) is 5.41 Å². The van der Waals surface area contributed by atoms with Crippen LogP contribution in [0.1, 0.15) is 34.6 Å². The van der Waals surface area contributed by atoms with E-state index in [0.29, 0.717) is 0 Å². The van der Waals surface area contributed by atoms with Crippen molar-refractivity contribution in [3.63, 3.8) is 0 Å². The van der Waals surface area contributed by atoms with Crippen molar-refractivity contribution < 1.29 is 17.9 Å². The Morgan fingerprint density at radius 1 is 0.923 bits per heavy atom. The molecule has 4 heteroatoms. The predicted molar refractivity (Wildman–Crippen MR) is 45.5 cm³/mol. The lowest BCUT2D eigenvalue weighted by atomic mass is 9.90. The average molecular weight is 198 g/mol. The second-order valence-electron chi connectivity index (χ2n) is 4.33. The van der Waals surface area contributed by atoms with Gasteiger partial charge in [-0.15, -0.1) is 0 Å². The van der Waals surface area contributed by atoms with E-state index in [4.69, 9.17) is 4.74 Å². The van der Waals surface area contributed by atoms with Crippen molar-refractivity contribution in [2.24, 2.45) is 5.41 Å². The fraction of sp³-hybridized carbons (Fsp3) is 1.00. The maximum absolute atomic E-state index is 12.1. The summed E-state index contributed by atoms with van der Waals surface area (Å²) in [4.78, 5) is 0. The van der Waals surface area contributed by atoms with Crippen LogP contribution in [0.3, 0.4) is 0 Å². The summed E-state index contributed by atoms with van der Waals surface area (Å²) in [5, 5.41) is 0. The summed E-state index contributed by atoms with van der Waals surface area (Å²) < 4.78 is 41.1. The maximum Gasteiger partial charge on any atom is 0.414 e. The highest BCUT2D eigenvalue weighted by atomic mass is 19.4. The van der Waals surface area contributed by atoms with Gasteiger partial charge in [-0.1, -0.05) is 20.8 Å². The molecule has 80 valence electrons. The molecule has 0 fully saturated rings. The molecule has 0 amide bonds. The van der Waals surface area contributed by atoms with Crippen LogP contribution >= 0.6 is 0 Å². The van der Waals surface area contributed by atoms with Crippen LogP contribution in [0.4, 0.5) is 13.2 Å². The molecule has 0 saturated carbocycles. The molecular weight excluding hydrogens is 181 g/mol. The summed E-state index contributed by atoms with van der Waals surface area (Å²) in [6.45, 7) is 8.23. The average Bonchev–Trinajstić information content (AvgIpc) is 1.82. The Morgan fingerprint density at radius 3 is 1.54 bits per heavy atom. The smallest absolute Gasteiger partial charge is 0.366 e. The lowest BCUT2D eigenvalue weighted by molar-refractivity contribution is -0.233. The molecule has 0 unspecified atom stereocenters. The van der Waals surface area contributed by atoms with Crippen LogP contribution < -0.4 is 0 Å². The number of alkyl halides is 3. The van der Waals surface area contributed by atoms with Crippen molar-refractivity contribution in [3.8, 4) is 0 Å². The Kier molecular flexibility index (Phi) is 3.79. The number of halogens is 3. The molecular formula is C9H17F3O. The molecule has 0 aliphatic carbocycles. The molecule has 0 saturated heterocycles. The number of hydrogen-bond acceptors (Lipinski definition) is 1. The first kappa shape index (κ1) is 12.8. The molecule has 0 rings (SSSR count). The molecule has 0 bridgehead atoms. The Bertz CT molecular complexity index is 139. The highest BCUT2D eigenvalue weighted by Gasteiger charge is 2.39. The molecule has 0 spiro atoms. The van der Waals surface area contributed by atoms with Crippen LogP contribution in [-0.4, -0.2) is 18.4 Å². The molecule has 13 heavy (non-hydrogen) atoms. The summed E-state index contributed by atoms with van der Waals surface area (Å²) in [5.41, 5.74) is -0.264. The fourth-order valence-corrected chi connectivity index (χ4v) is 0.587. The van der Waals surface area contributed by atoms with E-state index in [1.54, 1.807) is 6.92 Å². The van der Waals surface area contributed by atoms with Crippen molar-refractivity contribution in [1.82, 2.24) is 0 Å². The minimum Gasteiger partial charge on any atom is -0.366 e. The van der Waals surface area contributed by atoms with Crippen molar-refractivity contribution in [3.05, 3.63) is 0 Å². The van der Waals surface area contributed by atoms with E-state index >= 15 is 0 Å². The van der Waals surface area contributed by atoms with Crippen LogP contribution in [0.15, 0.2) is 0 Å². The highest BCUT2D eigenvalue weighted by molar-refractivity contribution is 4.73. The number of hydrogen-bond donors (Lipinski definition) is 0. The van der Waals surface area contributed by atoms with Gasteiger partial charge in [0.05, 0.1) is 6.10 Å². The van der Waals surface area contributed by atoms with Gasteiger partial charge in [0, 0.05) is 0 Å². The zero-order valence-electron chi connectivity index (χ0n) is 8.70. The molecule has 0 aromatic heterocycles. The predicted octanol–water partition coefficient (Wildman–Crippen LogP) is 3.39. The van der Waals surface area contributed by atoms with Gasteiger partial charge in [-0.25, -0.2) is 0 Å². The van der Waals surface area contributed by atoms with E-state index in [1.165, 1.54) is 0 Å². The minimum absolute atomic E-state index is 0.264. The lowest BCUT2D eigenvalue weighted by Gasteiger charge is -2.30. The summed E-state index contributed by atoms with van der Waals surface area (Å²) in [7, 11) is 0. The summed E-state index contributed by atoms with van der Waals surface area (Å²) in [6.07, 6.45) is -6.37. The standard InChI is InChI=1S/C9H17F3O/c1-6(8(3,4)5)13-7(2)9(10,11)12/h6-7H,1-5H3/t6-,7-/m1/s1. The van der Waals surface area contributed by atoms with Gasteiger partial charge in [0.1, 0.15) is 0 Å². The first-order valence-corrected chi connectivity index (χ1v) is 4.27. The van der Waals surface area contributed by atoms with Crippen molar-refractivity contribution in [1.29, 1.82) is 0 Å². The lowest BCUT2D eigenvalue weighted by Crippen LogP contribution is -2.36. The third-order valence-electron chi connectivity index (χ3n) is 2.09. The topological polar surface area (TPSA) is 9.23 Å². The first-order valence-electron chi connectivity index (χ1n) is 4.27. The van der Waals surface area contributed by atoms with E-state index in [2.05, 4.69) is 0 Å². The molecule has 0 aromatic carbocycles. The quantitative estimate of drug-likeness (QED) is 0.660. The SMILES string of the molecule is C[C@@H](O[C@H](C)C(F)(F)F)C(C)(C)C.